The minimum atomic E-state index is 0.409. The molecule has 0 bridgehead atoms. The fourth-order valence-electron chi connectivity index (χ4n) is 3.01. The van der Waals surface area contributed by atoms with Crippen LogP contribution >= 0.6 is 22.7 Å². The first-order chi connectivity index (χ1) is 10.2. The van der Waals surface area contributed by atoms with Crippen molar-refractivity contribution in [3.8, 4) is 0 Å². The summed E-state index contributed by atoms with van der Waals surface area (Å²) in [5.41, 5.74) is 2.80. The van der Waals surface area contributed by atoms with Gasteiger partial charge < -0.3 is 5.32 Å². The summed E-state index contributed by atoms with van der Waals surface area (Å²) < 4.78 is 0. The molecule has 1 aliphatic carbocycles. The van der Waals surface area contributed by atoms with Crippen LogP contribution < -0.4 is 5.32 Å². The molecule has 0 amide bonds. The molecule has 2 nitrogen and oxygen atoms in total. The van der Waals surface area contributed by atoms with Gasteiger partial charge in [-0.25, -0.2) is 4.98 Å². The van der Waals surface area contributed by atoms with Crippen molar-refractivity contribution < 1.29 is 0 Å². The predicted octanol–water partition coefficient (Wildman–Crippen LogP) is 4.59. The van der Waals surface area contributed by atoms with E-state index in [1.165, 1.54) is 52.6 Å². The third-order valence-corrected chi connectivity index (χ3v) is 6.86. The number of thiazole rings is 1. The van der Waals surface area contributed by atoms with E-state index in [9.17, 15) is 0 Å². The molecule has 2 heterocycles. The van der Waals surface area contributed by atoms with Gasteiger partial charge >= 0.3 is 0 Å². The standard InChI is InChI=1S/C17H24N2S2/c1-11-12(2)20-17(19-11)10-14(18-3)16-9-13-7-5-4-6-8-15(13)21-16/h9,14,18H,4-8,10H2,1-3H3. The number of hydrogen-bond donors (Lipinski definition) is 1. The van der Waals surface area contributed by atoms with E-state index in [1.54, 1.807) is 10.4 Å². The van der Waals surface area contributed by atoms with E-state index in [0.717, 1.165) is 6.42 Å². The smallest absolute Gasteiger partial charge is 0.0950 e. The lowest BCUT2D eigenvalue weighted by Crippen LogP contribution is -2.17. The van der Waals surface area contributed by atoms with Gasteiger partial charge in [-0.15, -0.1) is 22.7 Å². The van der Waals surface area contributed by atoms with Gasteiger partial charge in [0, 0.05) is 27.1 Å². The van der Waals surface area contributed by atoms with E-state index in [2.05, 4.69) is 32.3 Å². The lowest BCUT2D eigenvalue weighted by Gasteiger charge is -2.12. The minimum absolute atomic E-state index is 0.409. The second kappa shape index (κ2) is 6.59. The Morgan fingerprint density at radius 3 is 2.71 bits per heavy atom. The maximum atomic E-state index is 4.70. The molecule has 0 saturated heterocycles. The lowest BCUT2D eigenvalue weighted by atomic mass is 10.1. The number of thiophene rings is 1. The number of fused-ring (bicyclic) bond motifs is 1. The van der Waals surface area contributed by atoms with Crippen LogP contribution in [0, 0.1) is 13.8 Å². The highest BCUT2D eigenvalue weighted by atomic mass is 32.1. The van der Waals surface area contributed by atoms with E-state index in [1.807, 2.05) is 22.7 Å². The molecule has 0 spiro atoms. The molecule has 0 aliphatic heterocycles. The van der Waals surface area contributed by atoms with Gasteiger partial charge in [-0.3, -0.25) is 0 Å². The fourth-order valence-corrected chi connectivity index (χ4v) is 5.36. The molecule has 1 atom stereocenters. The van der Waals surface area contributed by atoms with Gasteiger partial charge in [0.15, 0.2) is 0 Å². The summed E-state index contributed by atoms with van der Waals surface area (Å²) in [5, 5.41) is 4.75. The largest absolute Gasteiger partial charge is 0.312 e. The van der Waals surface area contributed by atoms with Crippen molar-refractivity contribution in [3.05, 3.63) is 37.0 Å². The highest BCUT2D eigenvalue weighted by Crippen LogP contribution is 2.34. The molecular formula is C17H24N2S2. The van der Waals surface area contributed by atoms with E-state index < -0.39 is 0 Å². The summed E-state index contributed by atoms with van der Waals surface area (Å²) >= 11 is 3.87. The van der Waals surface area contributed by atoms with Crippen molar-refractivity contribution >= 4 is 22.7 Å². The molecule has 1 aliphatic rings. The summed E-state index contributed by atoms with van der Waals surface area (Å²) in [6.45, 7) is 4.27. The zero-order chi connectivity index (χ0) is 14.8. The van der Waals surface area contributed by atoms with Gasteiger partial charge in [-0.05, 0) is 58.2 Å². The quantitative estimate of drug-likeness (QED) is 0.833. The number of aryl methyl sites for hydroxylation is 4. The molecule has 0 radical (unpaired) electrons. The minimum Gasteiger partial charge on any atom is -0.312 e. The van der Waals surface area contributed by atoms with Crippen molar-refractivity contribution in [1.29, 1.82) is 0 Å². The van der Waals surface area contributed by atoms with E-state index >= 15 is 0 Å². The number of nitrogens with zero attached hydrogens (tertiary/aromatic N) is 1. The third kappa shape index (κ3) is 3.38. The van der Waals surface area contributed by atoms with Gasteiger partial charge in [0.2, 0.25) is 0 Å². The van der Waals surface area contributed by atoms with E-state index in [0.29, 0.717) is 6.04 Å². The summed E-state index contributed by atoms with van der Waals surface area (Å²) in [4.78, 5) is 9.18. The predicted molar refractivity (Wildman–Crippen MR) is 92.7 cm³/mol. The zero-order valence-corrected chi connectivity index (χ0v) is 14.8. The Morgan fingerprint density at radius 2 is 2.00 bits per heavy atom. The van der Waals surface area contributed by atoms with Crippen LogP contribution in [0.3, 0.4) is 0 Å². The Kier molecular flexibility index (Phi) is 4.77. The molecule has 0 fully saturated rings. The topological polar surface area (TPSA) is 24.9 Å². The molecule has 1 N–H and O–H groups in total. The fraction of sp³-hybridized carbons (Fsp3) is 0.588. The Bertz CT molecular complexity index is 569. The van der Waals surface area contributed by atoms with Crippen LogP contribution in [0.1, 0.15) is 56.2 Å². The monoisotopic (exact) mass is 320 g/mol. The number of rotatable bonds is 4. The van der Waals surface area contributed by atoms with Crippen LogP contribution in [-0.2, 0) is 19.3 Å². The molecule has 2 aromatic rings. The van der Waals surface area contributed by atoms with Crippen LogP contribution in [0.4, 0.5) is 0 Å². The van der Waals surface area contributed by atoms with Crippen molar-refractivity contribution in [3.63, 3.8) is 0 Å². The molecule has 114 valence electrons. The highest BCUT2D eigenvalue weighted by molar-refractivity contribution is 7.12. The normalized spacial score (nSPS) is 16.5. The molecule has 4 heteroatoms. The van der Waals surface area contributed by atoms with E-state index in [-0.39, 0.29) is 0 Å². The van der Waals surface area contributed by atoms with Crippen LogP contribution in [0.5, 0.6) is 0 Å². The van der Waals surface area contributed by atoms with Gasteiger partial charge in [-0.1, -0.05) is 6.42 Å². The lowest BCUT2D eigenvalue weighted by molar-refractivity contribution is 0.599. The average molecular weight is 321 g/mol. The molecule has 2 aromatic heterocycles. The van der Waals surface area contributed by atoms with Crippen molar-refractivity contribution in [1.82, 2.24) is 10.3 Å². The zero-order valence-electron chi connectivity index (χ0n) is 13.2. The second-order valence-corrected chi connectivity index (χ2v) is 8.41. The maximum Gasteiger partial charge on any atom is 0.0950 e. The number of nitrogens with one attached hydrogen (secondary N) is 1. The molecule has 1 unspecified atom stereocenters. The molecule has 21 heavy (non-hydrogen) atoms. The SMILES string of the molecule is CNC(Cc1nc(C)c(C)s1)c1cc2c(s1)CCCCC2. The van der Waals surface area contributed by atoms with Crippen LogP contribution in [0.15, 0.2) is 6.07 Å². The second-order valence-electron chi connectivity index (χ2n) is 5.95. The summed E-state index contributed by atoms with van der Waals surface area (Å²) in [7, 11) is 2.07. The number of hydrogen-bond acceptors (Lipinski definition) is 4. The van der Waals surface area contributed by atoms with Crippen LogP contribution in [-0.4, -0.2) is 12.0 Å². The Morgan fingerprint density at radius 1 is 1.19 bits per heavy atom. The number of likely N-dealkylation sites (N-methyl/N-ethyl adjacent to an activating group) is 1. The van der Waals surface area contributed by atoms with Gasteiger partial charge in [-0.2, -0.15) is 0 Å². The Hall–Kier alpha value is -0.710. The Balaban J connectivity index is 1.79. The Labute approximate surface area is 135 Å². The summed E-state index contributed by atoms with van der Waals surface area (Å²) in [6, 6.07) is 2.87. The van der Waals surface area contributed by atoms with Crippen LogP contribution in [0.25, 0.3) is 0 Å². The first-order valence-corrected chi connectivity index (χ1v) is 9.52. The third-order valence-electron chi connectivity index (χ3n) is 4.41. The van der Waals surface area contributed by atoms with Gasteiger partial charge in [0.25, 0.3) is 0 Å². The highest BCUT2D eigenvalue weighted by Gasteiger charge is 2.19. The average Bonchev–Trinajstić information content (AvgIpc) is 2.93. The van der Waals surface area contributed by atoms with Crippen LogP contribution in [0.2, 0.25) is 0 Å². The van der Waals surface area contributed by atoms with Gasteiger partial charge in [0.1, 0.15) is 0 Å². The molecule has 0 saturated carbocycles. The van der Waals surface area contributed by atoms with E-state index in [4.69, 9.17) is 4.98 Å². The van der Waals surface area contributed by atoms with Crippen molar-refractivity contribution in [2.75, 3.05) is 7.05 Å². The summed E-state index contributed by atoms with van der Waals surface area (Å²) in [6.07, 6.45) is 7.68. The van der Waals surface area contributed by atoms with Crippen molar-refractivity contribution in [2.45, 2.75) is 58.4 Å². The first-order valence-electron chi connectivity index (χ1n) is 7.89. The molecule has 0 aromatic carbocycles. The maximum absolute atomic E-state index is 4.70. The number of aromatic nitrogens is 1. The van der Waals surface area contributed by atoms with Gasteiger partial charge in [0.05, 0.1) is 10.7 Å². The van der Waals surface area contributed by atoms with Crippen molar-refractivity contribution in [2.24, 2.45) is 0 Å². The summed E-state index contributed by atoms with van der Waals surface area (Å²) in [5.74, 6) is 0. The molecule has 3 rings (SSSR count). The first kappa shape index (κ1) is 15.2. The molecular weight excluding hydrogens is 296 g/mol.